The van der Waals surface area contributed by atoms with E-state index in [4.69, 9.17) is 4.74 Å². The number of para-hydroxylation sites is 2. The summed E-state index contributed by atoms with van der Waals surface area (Å²) in [5.41, 5.74) is 8.89. The minimum Gasteiger partial charge on any atom is -0.358 e. The first-order chi connectivity index (χ1) is 22.5. The molecule has 11 rings (SSSR count). The fourth-order valence-corrected chi connectivity index (χ4v) is 13.9. The maximum absolute atomic E-state index is 14.0. The Morgan fingerprint density at radius 3 is 2.07 bits per heavy atom. The Hall–Kier alpha value is -2.93. The Balaban J connectivity index is 1.14. The van der Waals surface area contributed by atoms with Crippen LogP contribution < -0.4 is 9.80 Å². The van der Waals surface area contributed by atoms with Gasteiger partial charge in [0.1, 0.15) is 6.23 Å². The molecule has 2 aromatic rings. The summed E-state index contributed by atoms with van der Waals surface area (Å²) in [7, 11) is 0. The van der Waals surface area contributed by atoms with Crippen molar-refractivity contribution < 1.29 is 9.53 Å². The van der Waals surface area contributed by atoms with Gasteiger partial charge in [0.15, 0.2) is 0 Å². The lowest BCUT2D eigenvalue weighted by Gasteiger charge is -2.63. The van der Waals surface area contributed by atoms with E-state index in [1.807, 2.05) is 6.92 Å². The molecule has 7 fully saturated rings. The van der Waals surface area contributed by atoms with E-state index in [2.05, 4.69) is 94.1 Å². The Morgan fingerprint density at radius 1 is 0.804 bits per heavy atom. The van der Waals surface area contributed by atoms with Gasteiger partial charge in [-0.2, -0.15) is 0 Å². The third kappa shape index (κ3) is 2.85. The second-order valence-corrected chi connectivity index (χ2v) is 16.2. The van der Waals surface area contributed by atoms with Crippen molar-refractivity contribution in [2.24, 2.45) is 23.7 Å². The number of nitrogens with zero attached hydrogens (tertiary/aromatic N) is 4. The molecule has 1 amide bonds. The molecule has 9 aliphatic rings. The highest BCUT2D eigenvalue weighted by molar-refractivity contribution is 5.96. The second-order valence-electron chi connectivity index (χ2n) is 16.2. The van der Waals surface area contributed by atoms with E-state index in [0.717, 1.165) is 44.8 Å². The Bertz CT molecular complexity index is 1750. The van der Waals surface area contributed by atoms with E-state index < -0.39 is 0 Å². The first-order valence-electron chi connectivity index (χ1n) is 18.2. The molecule has 2 aliphatic carbocycles. The number of benzene rings is 2. The average molecular weight is 615 g/mol. The van der Waals surface area contributed by atoms with Crippen molar-refractivity contribution in [2.75, 3.05) is 42.6 Å². The van der Waals surface area contributed by atoms with Crippen molar-refractivity contribution in [2.45, 2.75) is 87.7 Å². The highest BCUT2D eigenvalue weighted by Gasteiger charge is 2.73. The minimum absolute atomic E-state index is 0.0504. The van der Waals surface area contributed by atoms with E-state index in [1.54, 1.807) is 16.7 Å². The van der Waals surface area contributed by atoms with Gasteiger partial charge in [0.25, 0.3) is 0 Å². The number of allylic oxidation sites excluding steroid dienone is 2. The van der Waals surface area contributed by atoms with Gasteiger partial charge >= 0.3 is 0 Å². The fraction of sp³-hybridized carbons (Fsp3) is 0.575. The van der Waals surface area contributed by atoms with Crippen LogP contribution in [0, 0.1) is 23.7 Å². The quantitative estimate of drug-likeness (QED) is 0.398. The van der Waals surface area contributed by atoms with Gasteiger partial charge in [0, 0.05) is 72.2 Å². The minimum atomic E-state index is -0.0604. The number of hydrogen-bond donors (Lipinski definition) is 0. The molecule has 7 heterocycles. The lowest BCUT2D eigenvalue weighted by Crippen LogP contribution is -2.73. The van der Waals surface area contributed by atoms with Crippen LogP contribution in [0.25, 0.3) is 0 Å². The average Bonchev–Trinajstić information content (AvgIpc) is 3.83. The molecule has 11 unspecified atom stereocenters. The Labute approximate surface area is 273 Å². The summed E-state index contributed by atoms with van der Waals surface area (Å²) in [4.78, 5) is 24.7. The molecule has 7 aliphatic heterocycles. The van der Waals surface area contributed by atoms with Crippen LogP contribution in [0.3, 0.4) is 0 Å². The predicted molar refractivity (Wildman–Crippen MR) is 180 cm³/mol. The van der Waals surface area contributed by atoms with Crippen molar-refractivity contribution in [3.63, 3.8) is 0 Å². The molecule has 0 N–H and O–H groups in total. The molecule has 0 radical (unpaired) electrons. The fourth-order valence-electron chi connectivity index (χ4n) is 13.9. The molecule has 238 valence electrons. The largest absolute Gasteiger partial charge is 0.358 e. The molecule has 6 nitrogen and oxygen atoms in total. The number of amides is 1. The zero-order chi connectivity index (χ0) is 30.7. The zero-order valence-corrected chi connectivity index (χ0v) is 27.4. The lowest BCUT2D eigenvalue weighted by atomic mass is 9.53. The summed E-state index contributed by atoms with van der Waals surface area (Å²) in [5, 5.41) is 0. The van der Waals surface area contributed by atoms with Gasteiger partial charge in [-0.15, -0.1) is 0 Å². The molecule has 2 saturated carbocycles. The van der Waals surface area contributed by atoms with Crippen LogP contribution in [-0.2, 0) is 20.4 Å². The zero-order valence-electron chi connectivity index (χ0n) is 27.4. The summed E-state index contributed by atoms with van der Waals surface area (Å²) in [6, 6.07) is 20.0. The highest BCUT2D eigenvalue weighted by Crippen LogP contribution is 2.68. The molecule has 2 spiro atoms. The molecule has 4 bridgehead atoms. The number of rotatable bonds is 1. The molecular weight excluding hydrogens is 568 g/mol. The van der Waals surface area contributed by atoms with Gasteiger partial charge in [-0.25, -0.2) is 0 Å². The van der Waals surface area contributed by atoms with Gasteiger partial charge in [0.05, 0.1) is 12.6 Å². The summed E-state index contributed by atoms with van der Waals surface area (Å²) < 4.78 is 7.49. The van der Waals surface area contributed by atoms with E-state index in [0.29, 0.717) is 35.9 Å². The normalized spacial score (nSPS) is 46.0. The highest BCUT2D eigenvalue weighted by atomic mass is 16.5. The number of anilines is 2. The van der Waals surface area contributed by atoms with Gasteiger partial charge in [-0.05, 0) is 87.7 Å². The van der Waals surface area contributed by atoms with E-state index in [-0.39, 0.29) is 34.9 Å². The molecule has 2 aromatic carbocycles. The number of hydrogen-bond acceptors (Lipinski definition) is 5. The van der Waals surface area contributed by atoms with Gasteiger partial charge in [-0.3, -0.25) is 14.6 Å². The molecule has 5 saturated heterocycles. The molecule has 11 atom stereocenters. The molecule has 46 heavy (non-hydrogen) atoms. The summed E-state index contributed by atoms with van der Waals surface area (Å²) >= 11 is 0. The van der Waals surface area contributed by atoms with Crippen molar-refractivity contribution in [1.82, 2.24) is 9.80 Å². The Morgan fingerprint density at radius 2 is 1.39 bits per heavy atom. The lowest BCUT2D eigenvalue weighted by molar-refractivity contribution is -0.129. The summed E-state index contributed by atoms with van der Waals surface area (Å²) in [6.45, 7) is 11.6. The van der Waals surface area contributed by atoms with Crippen molar-refractivity contribution in [3.8, 4) is 0 Å². The third-order valence-corrected chi connectivity index (χ3v) is 15.3. The van der Waals surface area contributed by atoms with Gasteiger partial charge < -0.3 is 14.5 Å². The van der Waals surface area contributed by atoms with Gasteiger partial charge in [0.2, 0.25) is 5.91 Å². The first-order valence-corrected chi connectivity index (χ1v) is 18.2. The topological polar surface area (TPSA) is 39.3 Å². The maximum Gasteiger partial charge on any atom is 0.224 e. The second kappa shape index (κ2) is 8.94. The van der Waals surface area contributed by atoms with Crippen molar-refractivity contribution in [1.29, 1.82) is 0 Å². The number of ether oxygens (including phenoxy) is 1. The van der Waals surface area contributed by atoms with Crippen LogP contribution in [0.1, 0.15) is 57.6 Å². The SMILES string of the molecule is CC=C1CN2CCC34c5ccccc5N5C(C6C7CC8N(CCC89c8ccccc8N(C(C)=O)C69)C/C7=C/C)OCC(C1CC23)C54. The van der Waals surface area contributed by atoms with Crippen LogP contribution in [0.15, 0.2) is 71.8 Å². The van der Waals surface area contributed by atoms with E-state index >= 15 is 0 Å². The molecule has 6 heteroatoms. The van der Waals surface area contributed by atoms with E-state index in [9.17, 15) is 4.79 Å². The van der Waals surface area contributed by atoms with Crippen LogP contribution >= 0.6 is 0 Å². The van der Waals surface area contributed by atoms with Gasteiger partial charge in [-0.1, -0.05) is 59.7 Å². The maximum atomic E-state index is 14.0. The monoisotopic (exact) mass is 614 g/mol. The third-order valence-electron chi connectivity index (χ3n) is 15.3. The summed E-state index contributed by atoms with van der Waals surface area (Å²) in [6.07, 6.45) is 9.58. The number of carbonyl (C=O) groups excluding carboxylic acids is 1. The standard InChI is InChI=1S/C40H46N4O2/c1-4-24-20-41-16-14-39-30-11-7-9-13-32(30)44-36(39)28(26(24)18-33(39)41)22-46-38(44)35-27-19-34-40(15-17-42(34)21-25(27)5-2)29-10-6-8-12-31(29)43(23(3)45)37(35)40/h4-13,26-28,33-38H,14-22H2,1-3H3/b24-4?,25-5-. The first kappa shape index (κ1) is 27.1. The van der Waals surface area contributed by atoms with Crippen LogP contribution in [-0.4, -0.2) is 78.9 Å². The van der Waals surface area contributed by atoms with Crippen molar-refractivity contribution in [3.05, 3.63) is 83.0 Å². The Kier molecular flexibility index (Phi) is 5.26. The van der Waals surface area contributed by atoms with Crippen LogP contribution in [0.5, 0.6) is 0 Å². The van der Waals surface area contributed by atoms with Crippen LogP contribution in [0.4, 0.5) is 11.4 Å². The van der Waals surface area contributed by atoms with Crippen molar-refractivity contribution >= 4 is 17.3 Å². The van der Waals surface area contributed by atoms with Crippen LogP contribution in [0.2, 0.25) is 0 Å². The summed E-state index contributed by atoms with van der Waals surface area (Å²) in [5.74, 6) is 1.87. The number of fused-ring (bicyclic) bond motifs is 6. The number of carbonyl (C=O) groups is 1. The smallest absolute Gasteiger partial charge is 0.224 e. The molecule has 0 aromatic heterocycles. The number of piperidine rings is 2. The predicted octanol–water partition coefficient (Wildman–Crippen LogP) is 5.48. The van der Waals surface area contributed by atoms with E-state index in [1.165, 1.54) is 30.6 Å². The molecular formula is C40H46N4O2.